The molecule has 2 heterocycles. The SMILES string of the molecule is CC1(C)c2ccccc2-c2cc3c4ccccc4n(-c4ccc(-c5ccc(-c6ccc(N7CCCc8ccccc87)cc6)cc5)cc4)c3cc21. The Kier molecular flexibility index (Phi) is 6.45. The Hall–Kier alpha value is -5.86. The second-order valence-corrected chi connectivity index (χ2v) is 14.5. The average Bonchev–Trinajstić information content (AvgIpc) is 3.62. The predicted octanol–water partition coefficient (Wildman–Crippen LogP) is 12.5. The zero-order valence-electron chi connectivity index (χ0n) is 28.5. The normalized spacial score (nSPS) is 14.5. The van der Waals surface area contributed by atoms with Crippen LogP contribution in [0.4, 0.5) is 11.4 Å². The fraction of sp³-hybridized carbons (Fsp3) is 0.125. The Bertz CT molecular complexity index is 2570. The largest absolute Gasteiger partial charge is 0.341 e. The van der Waals surface area contributed by atoms with E-state index in [1.54, 1.807) is 0 Å². The van der Waals surface area contributed by atoms with Crippen LogP contribution < -0.4 is 4.90 Å². The molecule has 0 radical (unpaired) electrons. The lowest BCUT2D eigenvalue weighted by molar-refractivity contribution is 0.661. The Balaban J connectivity index is 0.962. The van der Waals surface area contributed by atoms with Crippen molar-refractivity contribution in [3.05, 3.63) is 174 Å². The van der Waals surface area contributed by atoms with Gasteiger partial charge in [-0.05, 0) is 111 Å². The van der Waals surface area contributed by atoms with Crippen LogP contribution in [-0.2, 0) is 11.8 Å². The number of rotatable bonds is 4. The van der Waals surface area contributed by atoms with Crippen molar-refractivity contribution < 1.29 is 0 Å². The van der Waals surface area contributed by atoms with Crippen LogP contribution in [0.5, 0.6) is 0 Å². The molecule has 0 unspecified atom stereocenters. The number of para-hydroxylation sites is 2. The molecule has 0 fully saturated rings. The molecule has 240 valence electrons. The van der Waals surface area contributed by atoms with Crippen LogP contribution in [0.1, 0.15) is 37.0 Å². The molecular weight excluding hydrogens is 605 g/mol. The molecule has 0 bridgehead atoms. The van der Waals surface area contributed by atoms with Crippen molar-refractivity contribution in [2.75, 3.05) is 11.4 Å². The van der Waals surface area contributed by atoms with Crippen LogP contribution in [-0.4, -0.2) is 11.1 Å². The third-order valence-corrected chi connectivity index (χ3v) is 11.3. The van der Waals surface area contributed by atoms with E-state index >= 15 is 0 Å². The molecule has 0 spiro atoms. The summed E-state index contributed by atoms with van der Waals surface area (Å²) in [5.74, 6) is 0. The molecule has 8 aromatic rings. The van der Waals surface area contributed by atoms with Gasteiger partial charge in [-0.1, -0.05) is 123 Å². The van der Waals surface area contributed by atoms with E-state index in [1.165, 1.54) is 95.4 Å². The van der Waals surface area contributed by atoms with Crippen LogP contribution in [0, 0.1) is 0 Å². The van der Waals surface area contributed by atoms with Gasteiger partial charge >= 0.3 is 0 Å². The maximum atomic E-state index is 2.46. The third kappa shape index (κ3) is 4.41. The Morgan fingerprint density at radius 2 is 1.08 bits per heavy atom. The molecule has 1 aliphatic heterocycles. The molecular formula is C48H38N2. The van der Waals surface area contributed by atoms with Gasteiger partial charge in [-0.25, -0.2) is 0 Å². The first-order valence-electron chi connectivity index (χ1n) is 17.9. The molecule has 0 saturated heterocycles. The topological polar surface area (TPSA) is 8.17 Å². The second-order valence-electron chi connectivity index (χ2n) is 14.5. The molecule has 0 saturated carbocycles. The number of aryl methyl sites for hydroxylation is 1. The van der Waals surface area contributed by atoms with Gasteiger partial charge in [0, 0.05) is 39.8 Å². The van der Waals surface area contributed by atoms with Gasteiger partial charge in [0.15, 0.2) is 0 Å². The van der Waals surface area contributed by atoms with Gasteiger partial charge in [-0.3, -0.25) is 0 Å². The van der Waals surface area contributed by atoms with Gasteiger partial charge in [0.25, 0.3) is 0 Å². The minimum absolute atomic E-state index is 0.0427. The molecule has 7 aromatic carbocycles. The lowest BCUT2D eigenvalue weighted by Crippen LogP contribution is -2.24. The van der Waals surface area contributed by atoms with Gasteiger partial charge < -0.3 is 9.47 Å². The summed E-state index contributed by atoms with van der Waals surface area (Å²) in [5, 5.41) is 2.60. The first-order chi connectivity index (χ1) is 24.5. The highest BCUT2D eigenvalue weighted by Gasteiger charge is 2.36. The number of aromatic nitrogens is 1. The van der Waals surface area contributed by atoms with Crippen molar-refractivity contribution in [2.24, 2.45) is 0 Å². The minimum atomic E-state index is -0.0427. The highest BCUT2D eigenvalue weighted by atomic mass is 15.1. The van der Waals surface area contributed by atoms with Crippen LogP contribution >= 0.6 is 0 Å². The van der Waals surface area contributed by atoms with Gasteiger partial charge in [-0.15, -0.1) is 0 Å². The van der Waals surface area contributed by atoms with Crippen molar-refractivity contribution >= 4 is 33.2 Å². The number of fused-ring (bicyclic) bond motifs is 7. The minimum Gasteiger partial charge on any atom is -0.341 e. The van der Waals surface area contributed by atoms with E-state index in [2.05, 4.69) is 181 Å². The standard InChI is InChI=1S/C48H38N2/c1-48(2)43-14-6-4-12-39(43)41-30-42-40-13-5-8-16-46(40)50(47(42)31-44(41)48)38-27-23-35(24-28-38)33-19-17-32(18-20-33)34-21-25-37(26-22-34)49-29-9-11-36-10-3-7-15-45(36)49/h3-8,10,12-28,30-31H,9,11,29H2,1-2H3. The maximum Gasteiger partial charge on any atom is 0.0544 e. The molecule has 50 heavy (non-hydrogen) atoms. The zero-order valence-corrected chi connectivity index (χ0v) is 28.5. The first-order valence-corrected chi connectivity index (χ1v) is 17.9. The molecule has 1 aromatic heterocycles. The summed E-state index contributed by atoms with van der Waals surface area (Å²) in [6.45, 7) is 5.79. The number of hydrogen-bond donors (Lipinski definition) is 0. The van der Waals surface area contributed by atoms with Gasteiger partial charge in [0.1, 0.15) is 0 Å². The van der Waals surface area contributed by atoms with Crippen molar-refractivity contribution in [1.29, 1.82) is 0 Å². The molecule has 0 amide bonds. The smallest absolute Gasteiger partial charge is 0.0544 e. The Morgan fingerprint density at radius 1 is 0.480 bits per heavy atom. The van der Waals surface area contributed by atoms with Gasteiger partial charge in [0.05, 0.1) is 11.0 Å². The summed E-state index contributed by atoms with van der Waals surface area (Å²) in [4.78, 5) is 2.46. The summed E-state index contributed by atoms with van der Waals surface area (Å²) in [6.07, 6.45) is 2.35. The summed E-state index contributed by atoms with van der Waals surface area (Å²) < 4.78 is 2.45. The predicted molar refractivity (Wildman–Crippen MR) is 211 cm³/mol. The van der Waals surface area contributed by atoms with Crippen LogP contribution in [0.15, 0.2) is 158 Å². The van der Waals surface area contributed by atoms with Crippen LogP contribution in [0.2, 0.25) is 0 Å². The lowest BCUT2D eigenvalue weighted by Gasteiger charge is -2.31. The average molecular weight is 643 g/mol. The van der Waals surface area contributed by atoms with E-state index in [4.69, 9.17) is 0 Å². The highest BCUT2D eigenvalue weighted by molar-refractivity contribution is 6.11. The van der Waals surface area contributed by atoms with Crippen LogP contribution in [0.3, 0.4) is 0 Å². The summed E-state index contributed by atoms with van der Waals surface area (Å²) in [5.41, 5.74) is 18.2. The molecule has 2 nitrogen and oxygen atoms in total. The number of benzene rings is 7. The van der Waals surface area contributed by atoms with Crippen molar-refractivity contribution in [3.8, 4) is 39.1 Å². The van der Waals surface area contributed by atoms with E-state index < -0.39 is 0 Å². The van der Waals surface area contributed by atoms with E-state index in [1.807, 2.05) is 0 Å². The summed E-state index contributed by atoms with van der Waals surface area (Å²) >= 11 is 0. The van der Waals surface area contributed by atoms with E-state index in [0.717, 1.165) is 13.0 Å². The van der Waals surface area contributed by atoms with E-state index in [0.29, 0.717) is 0 Å². The maximum absolute atomic E-state index is 2.46. The molecule has 10 rings (SSSR count). The summed E-state index contributed by atoms with van der Waals surface area (Å²) in [7, 11) is 0. The molecule has 0 atom stereocenters. The third-order valence-electron chi connectivity index (χ3n) is 11.3. The van der Waals surface area contributed by atoms with Crippen molar-refractivity contribution in [1.82, 2.24) is 4.57 Å². The van der Waals surface area contributed by atoms with Crippen LogP contribution in [0.25, 0.3) is 60.9 Å². The molecule has 0 N–H and O–H groups in total. The second kappa shape index (κ2) is 11.1. The first kappa shape index (κ1) is 29.1. The molecule has 2 heteroatoms. The number of nitrogens with zero attached hydrogens (tertiary/aromatic N) is 2. The van der Waals surface area contributed by atoms with E-state index in [9.17, 15) is 0 Å². The Labute approximate surface area is 293 Å². The lowest BCUT2D eigenvalue weighted by atomic mass is 9.82. The van der Waals surface area contributed by atoms with Crippen molar-refractivity contribution in [2.45, 2.75) is 32.1 Å². The number of hydrogen-bond acceptors (Lipinski definition) is 1. The Morgan fingerprint density at radius 3 is 1.82 bits per heavy atom. The monoisotopic (exact) mass is 642 g/mol. The zero-order chi connectivity index (χ0) is 33.4. The van der Waals surface area contributed by atoms with Gasteiger partial charge in [-0.2, -0.15) is 0 Å². The highest BCUT2D eigenvalue weighted by Crippen LogP contribution is 2.51. The van der Waals surface area contributed by atoms with Gasteiger partial charge in [0.2, 0.25) is 0 Å². The van der Waals surface area contributed by atoms with Crippen molar-refractivity contribution in [3.63, 3.8) is 0 Å². The molecule has 2 aliphatic rings. The molecule has 1 aliphatic carbocycles. The fourth-order valence-electron chi connectivity index (χ4n) is 8.74. The fourth-order valence-corrected chi connectivity index (χ4v) is 8.74. The van der Waals surface area contributed by atoms with E-state index in [-0.39, 0.29) is 5.41 Å². The number of anilines is 2. The summed E-state index contributed by atoms with van der Waals surface area (Å²) in [6, 6.07) is 58.6. The quantitative estimate of drug-likeness (QED) is 0.185.